The van der Waals surface area contributed by atoms with Gasteiger partial charge in [-0.1, -0.05) is 194 Å². The molecule has 0 radical (unpaired) electrons. The van der Waals surface area contributed by atoms with Gasteiger partial charge in [0.05, 0.1) is 0 Å². The highest BCUT2D eigenvalue weighted by atomic mass is 16.3. The van der Waals surface area contributed by atoms with Gasteiger partial charge in [0, 0.05) is 27.5 Å². The third kappa shape index (κ3) is 6.91. The fraction of sp³-hybridized carbons (Fsp3) is 0. The van der Waals surface area contributed by atoms with Crippen LogP contribution in [0, 0.1) is 0 Å². The molecule has 2 aromatic heterocycles. The Kier molecular flexibility index (Phi) is 9.14. The highest BCUT2D eigenvalue weighted by molar-refractivity contribution is 6.25. The molecule has 0 saturated carbocycles. The summed E-state index contributed by atoms with van der Waals surface area (Å²) >= 11 is 0. The molecule has 0 atom stereocenters. The third-order valence-corrected chi connectivity index (χ3v) is 13.1. The number of benzene rings is 11. The Morgan fingerprint density at radius 1 is 0.194 bits per heavy atom. The molecule has 4 heteroatoms. The van der Waals surface area contributed by atoms with Gasteiger partial charge in [-0.25, -0.2) is 15.0 Å². The molecule has 0 bridgehead atoms. The van der Waals surface area contributed by atoms with E-state index >= 15 is 0 Å². The van der Waals surface area contributed by atoms with Gasteiger partial charge in [0.2, 0.25) is 0 Å². The van der Waals surface area contributed by atoms with Crippen molar-refractivity contribution in [1.29, 1.82) is 0 Å². The number of nitrogens with zero attached hydrogens (tertiary/aromatic N) is 3. The summed E-state index contributed by atoms with van der Waals surface area (Å²) in [6.07, 6.45) is 0. The minimum Gasteiger partial charge on any atom is -0.456 e. The van der Waals surface area contributed by atoms with Crippen LogP contribution in [0.25, 0.3) is 133 Å². The van der Waals surface area contributed by atoms with Crippen LogP contribution in [0.4, 0.5) is 0 Å². The highest BCUT2D eigenvalue weighted by Crippen LogP contribution is 2.39. The quantitative estimate of drug-likeness (QED) is 0.150. The lowest BCUT2D eigenvalue weighted by Crippen LogP contribution is -2.00. The largest absolute Gasteiger partial charge is 0.456 e. The number of rotatable bonds is 7. The van der Waals surface area contributed by atoms with Gasteiger partial charge in [-0.3, -0.25) is 0 Å². The first kappa shape index (κ1) is 38.5. The SMILES string of the molecule is c1ccc(-c2ccc(-c3nc(-c4ccccc4)nc(-c4ccc5c(c4)oc4ccc(-c6cccc(-c7cccc(-c8ccc9c%10ccccc%10c%10ccccc%10c9c8)c7)c6)cc45)n3)cc2)cc1. The molecule has 11 aromatic carbocycles. The van der Waals surface area contributed by atoms with Crippen molar-refractivity contribution in [2.45, 2.75) is 0 Å². The lowest BCUT2D eigenvalue weighted by atomic mass is 9.91. The number of hydrogen-bond acceptors (Lipinski definition) is 4. The van der Waals surface area contributed by atoms with Crippen LogP contribution in [-0.4, -0.2) is 15.0 Å². The Labute approximate surface area is 387 Å². The number of fused-ring (bicyclic) bond motifs is 9. The predicted molar refractivity (Wildman–Crippen MR) is 278 cm³/mol. The van der Waals surface area contributed by atoms with E-state index in [1.807, 2.05) is 36.4 Å². The van der Waals surface area contributed by atoms with Crippen LogP contribution < -0.4 is 0 Å². The molecular formula is C63H39N3O. The van der Waals surface area contributed by atoms with Crippen LogP contribution in [0.5, 0.6) is 0 Å². The zero-order valence-electron chi connectivity index (χ0n) is 36.3. The van der Waals surface area contributed by atoms with Gasteiger partial charge in [-0.2, -0.15) is 0 Å². The summed E-state index contributed by atoms with van der Waals surface area (Å²) in [6, 6.07) is 83.7. The van der Waals surface area contributed by atoms with Crippen molar-refractivity contribution in [3.8, 4) is 78.7 Å². The lowest BCUT2D eigenvalue weighted by molar-refractivity contribution is 0.669. The molecule has 0 aliphatic carbocycles. The van der Waals surface area contributed by atoms with Gasteiger partial charge in [-0.05, 0) is 119 Å². The third-order valence-electron chi connectivity index (χ3n) is 13.1. The molecule has 0 amide bonds. The fourth-order valence-electron chi connectivity index (χ4n) is 9.73. The van der Waals surface area contributed by atoms with Crippen LogP contribution in [-0.2, 0) is 0 Å². The van der Waals surface area contributed by atoms with Crippen LogP contribution in [0.15, 0.2) is 241 Å². The molecule has 0 fully saturated rings. The molecule has 0 aliphatic rings. The Morgan fingerprint density at radius 3 is 1.13 bits per heavy atom. The molecule has 67 heavy (non-hydrogen) atoms. The maximum absolute atomic E-state index is 6.54. The van der Waals surface area contributed by atoms with Crippen LogP contribution >= 0.6 is 0 Å². The summed E-state index contributed by atoms with van der Waals surface area (Å²) in [6.45, 7) is 0. The number of furan rings is 1. The molecule has 13 aromatic rings. The maximum Gasteiger partial charge on any atom is 0.164 e. The Hall–Kier alpha value is -8.99. The topological polar surface area (TPSA) is 51.8 Å². The molecule has 312 valence electrons. The highest BCUT2D eigenvalue weighted by Gasteiger charge is 2.17. The molecule has 0 spiro atoms. The molecule has 0 unspecified atom stereocenters. The van der Waals surface area contributed by atoms with Gasteiger partial charge in [0.25, 0.3) is 0 Å². The Morgan fingerprint density at radius 2 is 0.552 bits per heavy atom. The van der Waals surface area contributed by atoms with E-state index in [0.717, 1.165) is 66.4 Å². The molecule has 0 aliphatic heterocycles. The number of aromatic nitrogens is 3. The van der Waals surface area contributed by atoms with Crippen molar-refractivity contribution in [1.82, 2.24) is 15.0 Å². The standard InChI is InChI=1S/C63H39N3O/c1-3-13-40(14-4-1)41-25-27-43(28-26-41)62-64-61(42-15-5-2-6-16-42)65-63(66-62)50-30-33-56-58-38-49(31-34-59(58)67-60(56)39-50)47-20-12-18-45(36-47)44-17-11-19-46(35-44)48-29-32-55-53-23-8-7-21-51(53)52-22-9-10-24-54(52)57(55)37-48/h1-39H. The van der Waals surface area contributed by atoms with E-state index in [1.54, 1.807) is 0 Å². The molecular weight excluding hydrogens is 815 g/mol. The molecule has 2 heterocycles. The Bertz CT molecular complexity index is 3990. The maximum atomic E-state index is 6.54. The van der Waals surface area contributed by atoms with Gasteiger partial charge in [0.15, 0.2) is 17.5 Å². The fourth-order valence-corrected chi connectivity index (χ4v) is 9.73. The monoisotopic (exact) mass is 853 g/mol. The second-order valence-corrected chi connectivity index (χ2v) is 17.2. The van der Waals surface area contributed by atoms with E-state index in [9.17, 15) is 0 Å². The summed E-state index contributed by atoms with van der Waals surface area (Å²) in [5.74, 6) is 1.82. The van der Waals surface area contributed by atoms with E-state index in [0.29, 0.717) is 17.5 Å². The molecule has 13 rings (SSSR count). The molecule has 0 saturated heterocycles. The summed E-state index contributed by atoms with van der Waals surface area (Å²) in [5, 5.41) is 9.79. The first-order valence-corrected chi connectivity index (χ1v) is 22.7. The lowest BCUT2D eigenvalue weighted by Gasteiger charge is -2.13. The smallest absolute Gasteiger partial charge is 0.164 e. The average Bonchev–Trinajstić information content (AvgIpc) is 3.79. The summed E-state index contributed by atoms with van der Waals surface area (Å²) < 4.78 is 6.54. The second kappa shape index (κ2) is 15.9. The van der Waals surface area contributed by atoms with Crippen molar-refractivity contribution in [2.75, 3.05) is 0 Å². The minimum atomic E-state index is 0.586. The van der Waals surface area contributed by atoms with Crippen LogP contribution in [0.3, 0.4) is 0 Å². The van der Waals surface area contributed by atoms with Gasteiger partial charge >= 0.3 is 0 Å². The second-order valence-electron chi connectivity index (χ2n) is 17.2. The van der Waals surface area contributed by atoms with Gasteiger partial charge in [-0.15, -0.1) is 0 Å². The van der Waals surface area contributed by atoms with Crippen molar-refractivity contribution in [3.63, 3.8) is 0 Å². The van der Waals surface area contributed by atoms with E-state index in [2.05, 4.69) is 200 Å². The summed E-state index contributed by atoms with van der Waals surface area (Å²) in [4.78, 5) is 15.0. The van der Waals surface area contributed by atoms with Gasteiger partial charge in [0.1, 0.15) is 11.2 Å². The zero-order valence-corrected chi connectivity index (χ0v) is 36.3. The van der Waals surface area contributed by atoms with E-state index in [4.69, 9.17) is 19.4 Å². The summed E-state index contributed by atoms with van der Waals surface area (Å²) in [7, 11) is 0. The van der Waals surface area contributed by atoms with E-state index in [1.165, 1.54) is 49.0 Å². The first-order chi connectivity index (χ1) is 33.2. The van der Waals surface area contributed by atoms with Crippen molar-refractivity contribution in [2.24, 2.45) is 0 Å². The van der Waals surface area contributed by atoms with E-state index < -0.39 is 0 Å². The van der Waals surface area contributed by atoms with Crippen molar-refractivity contribution >= 4 is 54.3 Å². The van der Waals surface area contributed by atoms with Crippen molar-refractivity contribution < 1.29 is 4.42 Å². The predicted octanol–water partition coefficient (Wildman–Crippen LogP) is 16.9. The molecule has 4 nitrogen and oxygen atoms in total. The Balaban J connectivity index is 0.831. The molecule has 0 N–H and O–H groups in total. The van der Waals surface area contributed by atoms with Crippen molar-refractivity contribution in [3.05, 3.63) is 237 Å². The zero-order chi connectivity index (χ0) is 44.3. The van der Waals surface area contributed by atoms with Crippen LogP contribution in [0.1, 0.15) is 0 Å². The van der Waals surface area contributed by atoms with E-state index in [-0.39, 0.29) is 0 Å². The summed E-state index contributed by atoms with van der Waals surface area (Å²) in [5.41, 5.74) is 13.6. The number of hydrogen-bond donors (Lipinski definition) is 0. The normalized spacial score (nSPS) is 11.6. The minimum absolute atomic E-state index is 0.586. The average molecular weight is 854 g/mol. The first-order valence-electron chi connectivity index (χ1n) is 22.7. The van der Waals surface area contributed by atoms with Crippen LogP contribution in [0.2, 0.25) is 0 Å². The van der Waals surface area contributed by atoms with Gasteiger partial charge < -0.3 is 4.42 Å².